The molecule has 1 heterocycles. The highest BCUT2D eigenvalue weighted by Gasteiger charge is 2.19. The normalized spacial score (nSPS) is 21.6. The van der Waals surface area contributed by atoms with Crippen molar-refractivity contribution in [3.05, 3.63) is 35.6 Å². The van der Waals surface area contributed by atoms with Gasteiger partial charge in [0.1, 0.15) is 5.82 Å². The van der Waals surface area contributed by atoms with E-state index in [1.165, 1.54) is 12.1 Å². The maximum Gasteiger partial charge on any atom is 0.156 e. The van der Waals surface area contributed by atoms with Crippen molar-refractivity contribution in [1.82, 2.24) is 4.90 Å². The first-order valence-corrected chi connectivity index (χ1v) is 5.26. The van der Waals surface area contributed by atoms with Gasteiger partial charge in [0.15, 0.2) is 6.10 Å². The number of nitriles is 1. The molecule has 1 aliphatic heterocycles. The molecule has 0 saturated carbocycles. The Bertz CT molecular complexity index is 385. The SMILES string of the molecule is N#CC1CN(Cc2ccc(F)cc2)CCO1. The van der Waals surface area contributed by atoms with Crippen LogP contribution < -0.4 is 0 Å². The van der Waals surface area contributed by atoms with Gasteiger partial charge in [-0.15, -0.1) is 0 Å². The summed E-state index contributed by atoms with van der Waals surface area (Å²) in [6, 6.07) is 8.56. The number of halogens is 1. The molecule has 0 radical (unpaired) electrons. The number of morpholine rings is 1. The second kappa shape index (κ2) is 5.06. The lowest BCUT2D eigenvalue weighted by atomic mass is 10.2. The van der Waals surface area contributed by atoms with Crippen LogP contribution in [0.15, 0.2) is 24.3 Å². The zero-order chi connectivity index (χ0) is 11.4. The number of benzene rings is 1. The summed E-state index contributed by atoms with van der Waals surface area (Å²) in [5.74, 6) is -0.222. The van der Waals surface area contributed by atoms with Crippen molar-refractivity contribution in [2.45, 2.75) is 12.6 Å². The molecule has 0 amide bonds. The lowest BCUT2D eigenvalue weighted by molar-refractivity contribution is -0.00269. The molecule has 3 nitrogen and oxygen atoms in total. The van der Waals surface area contributed by atoms with Gasteiger partial charge in [-0.3, -0.25) is 4.90 Å². The average Bonchev–Trinajstić information content (AvgIpc) is 2.32. The van der Waals surface area contributed by atoms with Gasteiger partial charge < -0.3 is 4.74 Å². The molecule has 0 spiro atoms. The van der Waals surface area contributed by atoms with E-state index in [0.717, 1.165) is 18.7 Å². The summed E-state index contributed by atoms with van der Waals surface area (Å²) in [4.78, 5) is 2.14. The van der Waals surface area contributed by atoms with Gasteiger partial charge >= 0.3 is 0 Å². The summed E-state index contributed by atoms with van der Waals surface area (Å²) in [6.07, 6.45) is -0.339. The molecular formula is C12H13FN2O. The van der Waals surface area contributed by atoms with Crippen LogP contribution in [0.3, 0.4) is 0 Å². The van der Waals surface area contributed by atoms with E-state index < -0.39 is 0 Å². The molecule has 1 aromatic carbocycles. The maximum atomic E-state index is 12.7. The molecule has 1 saturated heterocycles. The topological polar surface area (TPSA) is 36.3 Å². The standard InChI is InChI=1S/C12H13FN2O/c13-11-3-1-10(2-4-11)8-15-5-6-16-12(7-14)9-15/h1-4,12H,5-6,8-9H2. The van der Waals surface area contributed by atoms with Gasteiger partial charge in [-0.25, -0.2) is 4.39 Å². The van der Waals surface area contributed by atoms with Gasteiger partial charge in [0.2, 0.25) is 0 Å². The molecule has 1 unspecified atom stereocenters. The Balaban J connectivity index is 1.94. The van der Waals surface area contributed by atoms with E-state index in [9.17, 15) is 4.39 Å². The van der Waals surface area contributed by atoms with Crippen molar-refractivity contribution in [2.24, 2.45) is 0 Å². The van der Waals surface area contributed by atoms with Crippen molar-refractivity contribution < 1.29 is 9.13 Å². The first kappa shape index (κ1) is 11.1. The largest absolute Gasteiger partial charge is 0.361 e. The Kier molecular flexibility index (Phi) is 3.50. The van der Waals surface area contributed by atoms with E-state index in [4.69, 9.17) is 10.00 Å². The van der Waals surface area contributed by atoms with Crippen LogP contribution in [0.4, 0.5) is 4.39 Å². The van der Waals surface area contributed by atoms with Crippen LogP contribution in [0.5, 0.6) is 0 Å². The minimum absolute atomic E-state index is 0.222. The van der Waals surface area contributed by atoms with E-state index in [0.29, 0.717) is 13.2 Å². The fraction of sp³-hybridized carbons (Fsp3) is 0.417. The molecule has 0 aromatic heterocycles. The van der Waals surface area contributed by atoms with Crippen molar-refractivity contribution in [3.8, 4) is 6.07 Å². The summed E-state index contributed by atoms with van der Waals surface area (Å²) in [5.41, 5.74) is 1.06. The van der Waals surface area contributed by atoms with Crippen molar-refractivity contribution in [2.75, 3.05) is 19.7 Å². The first-order valence-electron chi connectivity index (χ1n) is 5.26. The molecule has 1 fully saturated rings. The Hall–Kier alpha value is -1.44. The summed E-state index contributed by atoms with van der Waals surface area (Å²) >= 11 is 0. The number of hydrogen-bond donors (Lipinski definition) is 0. The molecule has 0 bridgehead atoms. The molecule has 2 rings (SSSR count). The molecule has 4 heteroatoms. The predicted molar refractivity (Wildman–Crippen MR) is 57.0 cm³/mol. The third-order valence-electron chi connectivity index (χ3n) is 2.61. The van der Waals surface area contributed by atoms with Gasteiger partial charge in [-0.05, 0) is 17.7 Å². The summed E-state index contributed by atoms with van der Waals surface area (Å²) in [6.45, 7) is 2.75. The highest BCUT2D eigenvalue weighted by Crippen LogP contribution is 2.10. The Morgan fingerprint density at radius 3 is 2.88 bits per heavy atom. The predicted octanol–water partition coefficient (Wildman–Crippen LogP) is 1.55. The van der Waals surface area contributed by atoms with Crippen LogP contribution in [-0.2, 0) is 11.3 Å². The summed E-state index contributed by atoms with van der Waals surface area (Å²) < 4.78 is 18.0. The van der Waals surface area contributed by atoms with Crippen LogP contribution in [0.25, 0.3) is 0 Å². The van der Waals surface area contributed by atoms with E-state index in [2.05, 4.69) is 11.0 Å². The smallest absolute Gasteiger partial charge is 0.156 e. The molecule has 1 aromatic rings. The third kappa shape index (κ3) is 2.78. The second-order valence-corrected chi connectivity index (χ2v) is 3.85. The zero-order valence-corrected chi connectivity index (χ0v) is 8.90. The molecule has 1 atom stereocenters. The average molecular weight is 220 g/mol. The van der Waals surface area contributed by atoms with E-state index in [1.54, 1.807) is 12.1 Å². The van der Waals surface area contributed by atoms with Gasteiger partial charge in [-0.2, -0.15) is 5.26 Å². The van der Waals surface area contributed by atoms with Gasteiger partial charge in [0.25, 0.3) is 0 Å². The highest BCUT2D eigenvalue weighted by atomic mass is 19.1. The number of hydrogen-bond acceptors (Lipinski definition) is 3. The number of rotatable bonds is 2. The van der Waals surface area contributed by atoms with Crippen LogP contribution in [0.1, 0.15) is 5.56 Å². The minimum Gasteiger partial charge on any atom is -0.361 e. The number of nitrogens with zero attached hydrogens (tertiary/aromatic N) is 2. The molecule has 0 N–H and O–H groups in total. The van der Waals surface area contributed by atoms with Crippen LogP contribution >= 0.6 is 0 Å². The fourth-order valence-corrected chi connectivity index (χ4v) is 1.77. The van der Waals surface area contributed by atoms with Crippen LogP contribution in [0.2, 0.25) is 0 Å². The molecule has 84 valence electrons. The Labute approximate surface area is 94.0 Å². The summed E-state index contributed by atoms with van der Waals surface area (Å²) in [7, 11) is 0. The van der Waals surface area contributed by atoms with Crippen molar-refractivity contribution in [3.63, 3.8) is 0 Å². The molecular weight excluding hydrogens is 207 g/mol. The van der Waals surface area contributed by atoms with Gasteiger partial charge in [0.05, 0.1) is 12.7 Å². The van der Waals surface area contributed by atoms with E-state index in [-0.39, 0.29) is 11.9 Å². The Morgan fingerprint density at radius 2 is 2.19 bits per heavy atom. The Morgan fingerprint density at radius 1 is 1.44 bits per heavy atom. The third-order valence-corrected chi connectivity index (χ3v) is 2.61. The highest BCUT2D eigenvalue weighted by molar-refractivity contribution is 5.16. The van der Waals surface area contributed by atoms with Gasteiger partial charge in [0, 0.05) is 19.6 Å². The van der Waals surface area contributed by atoms with Crippen LogP contribution in [-0.4, -0.2) is 30.7 Å². The quantitative estimate of drug-likeness (QED) is 0.758. The van der Waals surface area contributed by atoms with Crippen molar-refractivity contribution >= 4 is 0 Å². The fourth-order valence-electron chi connectivity index (χ4n) is 1.77. The first-order chi connectivity index (χ1) is 7.78. The summed E-state index contributed by atoms with van der Waals surface area (Å²) in [5, 5.41) is 8.76. The minimum atomic E-state index is -0.339. The number of ether oxygens (including phenoxy) is 1. The monoisotopic (exact) mass is 220 g/mol. The van der Waals surface area contributed by atoms with Crippen LogP contribution in [0, 0.1) is 17.1 Å². The maximum absolute atomic E-state index is 12.7. The molecule has 0 aliphatic carbocycles. The second-order valence-electron chi connectivity index (χ2n) is 3.85. The van der Waals surface area contributed by atoms with E-state index >= 15 is 0 Å². The molecule has 1 aliphatic rings. The lowest BCUT2D eigenvalue weighted by Crippen LogP contribution is -2.41. The lowest BCUT2D eigenvalue weighted by Gasteiger charge is -2.29. The van der Waals surface area contributed by atoms with Gasteiger partial charge in [-0.1, -0.05) is 12.1 Å². The molecule has 16 heavy (non-hydrogen) atoms. The zero-order valence-electron chi connectivity index (χ0n) is 8.90. The van der Waals surface area contributed by atoms with Crippen molar-refractivity contribution in [1.29, 1.82) is 5.26 Å². The van der Waals surface area contributed by atoms with E-state index in [1.807, 2.05) is 0 Å².